The highest BCUT2D eigenvalue weighted by molar-refractivity contribution is 9.11. The van der Waals surface area contributed by atoms with Crippen molar-refractivity contribution in [2.45, 2.75) is 26.7 Å². The molecule has 3 nitrogen and oxygen atoms in total. The molecule has 23 heavy (non-hydrogen) atoms. The van der Waals surface area contributed by atoms with Gasteiger partial charge in [0.15, 0.2) is 0 Å². The maximum atomic E-state index is 12.4. The number of nitrogens with one attached hydrogen (secondary N) is 1. The van der Waals surface area contributed by atoms with Gasteiger partial charge in [0.1, 0.15) is 0 Å². The zero-order valence-corrected chi connectivity index (χ0v) is 16.8. The molecule has 3 N–H and O–H groups in total. The molecule has 0 aliphatic carbocycles. The Labute approximate surface area is 157 Å². The van der Waals surface area contributed by atoms with Gasteiger partial charge in [-0.2, -0.15) is 0 Å². The van der Waals surface area contributed by atoms with Gasteiger partial charge in [-0.1, -0.05) is 30.7 Å². The molecular formula is C17H17Br2ClN2O. The van der Waals surface area contributed by atoms with E-state index in [0.717, 1.165) is 37.7 Å². The quantitative estimate of drug-likeness (QED) is 0.592. The van der Waals surface area contributed by atoms with Crippen LogP contribution in [0.2, 0.25) is 5.02 Å². The van der Waals surface area contributed by atoms with Gasteiger partial charge in [-0.3, -0.25) is 4.79 Å². The normalized spacial score (nSPS) is 10.7. The number of carbonyl (C=O) groups excluding carboxylic acids is 1. The Balaban J connectivity index is 2.28. The van der Waals surface area contributed by atoms with Gasteiger partial charge in [-0.25, -0.2) is 0 Å². The van der Waals surface area contributed by atoms with Crippen molar-refractivity contribution in [3.05, 3.63) is 54.9 Å². The molecule has 0 atom stereocenters. The monoisotopic (exact) mass is 458 g/mol. The third kappa shape index (κ3) is 4.08. The van der Waals surface area contributed by atoms with E-state index in [0.29, 0.717) is 17.1 Å². The molecule has 0 heterocycles. The third-order valence-electron chi connectivity index (χ3n) is 3.64. The molecule has 0 spiro atoms. The first-order chi connectivity index (χ1) is 10.8. The number of carbonyl (C=O) groups is 1. The van der Waals surface area contributed by atoms with E-state index in [2.05, 4.69) is 37.2 Å². The highest BCUT2D eigenvalue weighted by Crippen LogP contribution is 2.40. The number of hydrogen-bond acceptors (Lipinski definition) is 2. The van der Waals surface area contributed by atoms with Gasteiger partial charge >= 0.3 is 0 Å². The van der Waals surface area contributed by atoms with Crippen molar-refractivity contribution >= 4 is 60.7 Å². The van der Waals surface area contributed by atoms with Crippen molar-refractivity contribution in [3.63, 3.8) is 0 Å². The summed E-state index contributed by atoms with van der Waals surface area (Å²) < 4.78 is 1.61. The molecule has 0 aromatic heterocycles. The molecule has 1 amide bonds. The van der Waals surface area contributed by atoms with Gasteiger partial charge in [0.25, 0.3) is 0 Å². The highest BCUT2D eigenvalue weighted by Gasteiger charge is 2.18. The fourth-order valence-corrected chi connectivity index (χ4v) is 3.84. The van der Waals surface area contributed by atoms with Crippen LogP contribution in [0.1, 0.15) is 23.6 Å². The van der Waals surface area contributed by atoms with Crippen LogP contribution in [-0.4, -0.2) is 5.91 Å². The fraction of sp³-hybridized carbons (Fsp3) is 0.235. The molecule has 2 aromatic rings. The van der Waals surface area contributed by atoms with Gasteiger partial charge in [0, 0.05) is 19.7 Å². The van der Waals surface area contributed by atoms with Crippen LogP contribution in [0.4, 0.5) is 11.4 Å². The zero-order valence-electron chi connectivity index (χ0n) is 12.8. The van der Waals surface area contributed by atoms with E-state index in [1.807, 2.05) is 26.0 Å². The number of hydrogen-bond donors (Lipinski definition) is 2. The van der Waals surface area contributed by atoms with Crippen molar-refractivity contribution < 1.29 is 4.79 Å². The van der Waals surface area contributed by atoms with Crippen LogP contribution in [0.25, 0.3) is 0 Å². The molecule has 0 saturated carbocycles. The Morgan fingerprint density at radius 1 is 1.22 bits per heavy atom. The lowest BCUT2D eigenvalue weighted by Crippen LogP contribution is -2.17. The lowest BCUT2D eigenvalue weighted by atomic mass is 10.0. The minimum absolute atomic E-state index is 0.0753. The summed E-state index contributed by atoms with van der Waals surface area (Å²) in [5, 5.41) is 3.67. The minimum Gasteiger partial charge on any atom is -0.397 e. The lowest BCUT2D eigenvalue weighted by molar-refractivity contribution is -0.115. The Hall–Kier alpha value is -1.04. The van der Waals surface area contributed by atoms with Gasteiger partial charge < -0.3 is 11.1 Å². The molecule has 2 aromatic carbocycles. The predicted octanol–water partition coefficient (Wildman–Crippen LogP) is 5.50. The van der Waals surface area contributed by atoms with E-state index in [1.54, 1.807) is 12.1 Å². The number of anilines is 2. The standard InChI is InChI=1S/C17H17Br2ClN2O/c1-3-12-15(19)16(21)14(18)9(2)17(12)22-13(23)8-10-4-6-11(20)7-5-10/h4-7H,3,8,21H2,1-2H3,(H,22,23). The number of halogens is 3. The summed E-state index contributed by atoms with van der Waals surface area (Å²) in [5.41, 5.74) is 10.4. The molecule has 0 fully saturated rings. The molecule has 0 bridgehead atoms. The number of rotatable bonds is 4. The SMILES string of the molecule is CCc1c(Br)c(N)c(Br)c(C)c1NC(=O)Cc1ccc(Cl)cc1. The van der Waals surface area contributed by atoms with Crippen LogP contribution >= 0.6 is 43.5 Å². The number of nitrogen functional groups attached to an aromatic ring is 1. The summed E-state index contributed by atoms with van der Waals surface area (Å²) in [7, 11) is 0. The second-order valence-corrected chi connectivity index (χ2v) is 7.25. The van der Waals surface area contributed by atoms with Crippen molar-refractivity contribution in [2.24, 2.45) is 0 Å². The second-order valence-electron chi connectivity index (χ2n) is 5.23. The molecule has 0 aliphatic rings. The second kappa shape index (κ2) is 7.69. The summed E-state index contributed by atoms with van der Waals surface area (Å²) in [5.74, 6) is -0.0753. The average molecular weight is 461 g/mol. The average Bonchev–Trinajstić information content (AvgIpc) is 2.53. The third-order valence-corrected chi connectivity index (χ3v) is 5.82. The molecule has 6 heteroatoms. The van der Waals surface area contributed by atoms with E-state index >= 15 is 0 Å². The Bertz CT molecular complexity index is 745. The summed E-state index contributed by atoms with van der Waals surface area (Å²) in [6.45, 7) is 3.96. The molecule has 0 radical (unpaired) electrons. The first-order valence-electron chi connectivity index (χ1n) is 7.15. The zero-order chi connectivity index (χ0) is 17.1. The van der Waals surface area contributed by atoms with Crippen molar-refractivity contribution in [1.82, 2.24) is 0 Å². The lowest BCUT2D eigenvalue weighted by Gasteiger charge is -2.18. The van der Waals surface area contributed by atoms with E-state index in [4.69, 9.17) is 17.3 Å². The van der Waals surface area contributed by atoms with Crippen molar-refractivity contribution in [3.8, 4) is 0 Å². The van der Waals surface area contributed by atoms with Gasteiger partial charge in [0.2, 0.25) is 5.91 Å². The van der Waals surface area contributed by atoms with E-state index < -0.39 is 0 Å². The molecular weight excluding hydrogens is 443 g/mol. The van der Waals surface area contributed by atoms with Crippen molar-refractivity contribution in [1.29, 1.82) is 0 Å². The summed E-state index contributed by atoms with van der Waals surface area (Å²) in [6, 6.07) is 7.27. The van der Waals surface area contributed by atoms with Gasteiger partial charge in [0.05, 0.1) is 12.1 Å². The fourth-order valence-electron chi connectivity index (χ4n) is 2.38. The van der Waals surface area contributed by atoms with Crippen LogP contribution in [-0.2, 0) is 17.6 Å². The van der Waals surface area contributed by atoms with Crippen LogP contribution in [0, 0.1) is 6.92 Å². The Morgan fingerprint density at radius 3 is 2.39 bits per heavy atom. The summed E-state index contributed by atoms with van der Waals surface area (Å²) in [6.07, 6.45) is 1.05. The Kier molecular flexibility index (Phi) is 6.12. The van der Waals surface area contributed by atoms with Crippen LogP contribution < -0.4 is 11.1 Å². The van der Waals surface area contributed by atoms with Gasteiger partial charge in [-0.05, 0) is 74.0 Å². The van der Waals surface area contributed by atoms with E-state index in [-0.39, 0.29) is 5.91 Å². The van der Waals surface area contributed by atoms with Crippen LogP contribution in [0.3, 0.4) is 0 Å². The number of nitrogens with two attached hydrogens (primary N) is 1. The van der Waals surface area contributed by atoms with Gasteiger partial charge in [-0.15, -0.1) is 0 Å². The first-order valence-corrected chi connectivity index (χ1v) is 9.11. The van der Waals surface area contributed by atoms with E-state index in [9.17, 15) is 4.79 Å². The molecule has 2 rings (SSSR count). The number of benzene rings is 2. The largest absolute Gasteiger partial charge is 0.397 e. The molecule has 122 valence electrons. The summed E-state index contributed by atoms with van der Waals surface area (Å²) in [4.78, 5) is 12.4. The molecule has 0 saturated heterocycles. The maximum absolute atomic E-state index is 12.4. The smallest absolute Gasteiger partial charge is 0.228 e. The predicted molar refractivity (Wildman–Crippen MR) is 104 cm³/mol. The Morgan fingerprint density at radius 2 is 1.83 bits per heavy atom. The van der Waals surface area contributed by atoms with E-state index in [1.165, 1.54) is 0 Å². The maximum Gasteiger partial charge on any atom is 0.228 e. The molecule has 0 unspecified atom stereocenters. The topological polar surface area (TPSA) is 55.1 Å². The van der Waals surface area contributed by atoms with Crippen LogP contribution in [0.5, 0.6) is 0 Å². The van der Waals surface area contributed by atoms with Crippen LogP contribution in [0.15, 0.2) is 33.2 Å². The minimum atomic E-state index is -0.0753. The number of amides is 1. The highest BCUT2D eigenvalue weighted by atomic mass is 79.9. The first kappa shape index (κ1) is 18.3. The summed E-state index contributed by atoms with van der Waals surface area (Å²) >= 11 is 12.9. The molecule has 0 aliphatic heterocycles. The van der Waals surface area contributed by atoms with Crippen molar-refractivity contribution in [2.75, 3.05) is 11.1 Å².